The maximum absolute atomic E-state index is 13.4. The first kappa shape index (κ1) is 20.3. The number of anilines is 1. The van der Waals surface area contributed by atoms with Gasteiger partial charge in [0.15, 0.2) is 0 Å². The number of rotatable bonds is 3. The van der Waals surface area contributed by atoms with Gasteiger partial charge in [-0.3, -0.25) is 4.90 Å². The normalized spacial score (nSPS) is 28.5. The second-order valence-corrected chi connectivity index (χ2v) is 9.41. The van der Waals surface area contributed by atoms with Crippen LogP contribution in [0.25, 0.3) is 0 Å². The number of likely N-dealkylation sites (tertiary alicyclic amines) is 1. The molecule has 2 fully saturated rings. The highest BCUT2D eigenvalue weighted by Crippen LogP contribution is 2.42. The number of urea groups is 1. The summed E-state index contributed by atoms with van der Waals surface area (Å²) < 4.78 is 0. The molecule has 3 aliphatic rings. The lowest BCUT2D eigenvalue weighted by Gasteiger charge is -2.47. The van der Waals surface area contributed by atoms with Crippen LogP contribution in [0.2, 0.25) is 0 Å². The third-order valence-corrected chi connectivity index (χ3v) is 7.14. The molecule has 2 amide bonds. The Hall–Kier alpha value is -2.66. The molecule has 31 heavy (non-hydrogen) atoms. The van der Waals surface area contributed by atoms with Crippen molar-refractivity contribution < 1.29 is 4.79 Å². The summed E-state index contributed by atoms with van der Waals surface area (Å²) in [5.74, 6) is 1.01. The Morgan fingerprint density at radius 1 is 1.16 bits per heavy atom. The molecule has 162 valence electrons. The van der Waals surface area contributed by atoms with Crippen LogP contribution < -0.4 is 10.2 Å². The number of piperidine rings is 1. The van der Waals surface area contributed by atoms with Crippen molar-refractivity contribution in [2.75, 3.05) is 18.0 Å². The predicted octanol–water partition coefficient (Wildman–Crippen LogP) is 4.55. The Morgan fingerprint density at radius 2 is 2.00 bits per heavy atom. The first-order valence-corrected chi connectivity index (χ1v) is 11.6. The molecule has 1 unspecified atom stereocenters. The summed E-state index contributed by atoms with van der Waals surface area (Å²) in [7, 11) is 0. The lowest BCUT2D eigenvalue weighted by Crippen LogP contribution is -2.63. The summed E-state index contributed by atoms with van der Waals surface area (Å²) in [5, 5.41) is 3.58. The van der Waals surface area contributed by atoms with Crippen LogP contribution in [0, 0.1) is 6.92 Å². The van der Waals surface area contributed by atoms with Crippen molar-refractivity contribution in [3.63, 3.8) is 0 Å². The Kier molecular flexibility index (Phi) is 5.30. The topological polar surface area (TPSA) is 47.9 Å². The molecular formula is C26H32N4O. The van der Waals surface area contributed by atoms with Crippen molar-refractivity contribution in [2.24, 2.45) is 4.99 Å². The van der Waals surface area contributed by atoms with Crippen molar-refractivity contribution in [1.29, 1.82) is 0 Å². The van der Waals surface area contributed by atoms with Gasteiger partial charge in [0.2, 0.25) is 0 Å². The van der Waals surface area contributed by atoms with E-state index in [4.69, 9.17) is 4.99 Å². The number of hydrogen-bond acceptors (Lipinski definition) is 3. The number of hydrogen-bond donors (Lipinski definition) is 1. The summed E-state index contributed by atoms with van der Waals surface area (Å²) in [6.07, 6.45) is 5.09. The summed E-state index contributed by atoms with van der Waals surface area (Å²) in [6.45, 7) is 6.18. The number of aryl methyl sites for hydroxylation is 1. The van der Waals surface area contributed by atoms with Crippen molar-refractivity contribution in [3.05, 3.63) is 65.7 Å². The molecule has 2 saturated heterocycles. The average Bonchev–Trinajstić information content (AvgIpc) is 3.30. The van der Waals surface area contributed by atoms with E-state index < -0.39 is 0 Å². The molecule has 0 bridgehead atoms. The summed E-state index contributed by atoms with van der Waals surface area (Å²) in [5.41, 5.74) is 3.12. The molecule has 2 aromatic rings. The molecule has 0 aromatic heterocycles. The molecule has 0 aliphatic carbocycles. The average molecular weight is 417 g/mol. The van der Waals surface area contributed by atoms with Gasteiger partial charge in [-0.25, -0.2) is 4.79 Å². The van der Waals surface area contributed by atoms with E-state index in [1.807, 2.05) is 11.0 Å². The second kappa shape index (κ2) is 8.12. The number of amidine groups is 1. The highest BCUT2D eigenvalue weighted by atomic mass is 16.2. The molecular weight excluding hydrogens is 384 g/mol. The minimum Gasteiger partial charge on any atom is -0.355 e. The maximum Gasteiger partial charge on any atom is 0.350 e. The van der Waals surface area contributed by atoms with Gasteiger partial charge in [0, 0.05) is 24.3 Å². The standard InChI is InChI=1S/C26H32N4O/c1-19-8-6-11-23(16-19)30-25(31)28-24(26(30)13-14-27-20(2)18-26)29-15-7-12-22(29)17-21-9-4-3-5-10-21/h3-6,8-11,16,20,22,27H,7,12-15,17-18H2,1-2H3/t20-,22?,26+/m0/s1. The van der Waals surface area contributed by atoms with Crippen molar-refractivity contribution in [3.8, 4) is 0 Å². The zero-order chi connectivity index (χ0) is 21.4. The van der Waals surface area contributed by atoms with Crippen molar-refractivity contribution in [2.45, 2.75) is 63.6 Å². The smallest absolute Gasteiger partial charge is 0.350 e. The molecule has 3 atom stereocenters. The van der Waals surface area contributed by atoms with E-state index in [0.29, 0.717) is 12.1 Å². The minimum atomic E-state index is -0.366. The number of carbonyl (C=O) groups is 1. The molecule has 2 aromatic carbocycles. The number of carbonyl (C=O) groups excluding carboxylic acids is 1. The quantitative estimate of drug-likeness (QED) is 0.798. The van der Waals surface area contributed by atoms with Gasteiger partial charge in [0.25, 0.3) is 0 Å². The van der Waals surface area contributed by atoms with Crippen LogP contribution in [0.4, 0.5) is 10.5 Å². The Morgan fingerprint density at radius 3 is 2.77 bits per heavy atom. The van der Waals surface area contributed by atoms with Gasteiger partial charge in [-0.1, -0.05) is 42.5 Å². The largest absolute Gasteiger partial charge is 0.355 e. The van der Waals surface area contributed by atoms with Crippen molar-refractivity contribution >= 4 is 17.6 Å². The van der Waals surface area contributed by atoms with Crippen LogP contribution in [-0.2, 0) is 6.42 Å². The summed E-state index contributed by atoms with van der Waals surface area (Å²) in [4.78, 5) is 22.6. The maximum atomic E-state index is 13.4. The fourth-order valence-corrected chi connectivity index (χ4v) is 5.81. The fraction of sp³-hybridized carbons (Fsp3) is 0.462. The van der Waals surface area contributed by atoms with Gasteiger partial charge >= 0.3 is 6.03 Å². The first-order valence-electron chi connectivity index (χ1n) is 11.6. The third-order valence-electron chi connectivity index (χ3n) is 7.14. The molecule has 5 heteroatoms. The van der Waals surface area contributed by atoms with Crippen LogP contribution in [0.1, 0.15) is 43.7 Å². The number of aliphatic imine (C=N–C) groups is 1. The molecule has 3 aliphatic heterocycles. The number of nitrogens with zero attached hydrogens (tertiary/aromatic N) is 3. The SMILES string of the molecule is Cc1cccc(N2C(=O)N=C(N3CCCC3Cc3ccccc3)[C@]23CCN[C@@H](C)C3)c1. The molecule has 1 N–H and O–H groups in total. The van der Waals surface area contributed by atoms with Crippen LogP contribution in [-0.4, -0.2) is 47.5 Å². The monoisotopic (exact) mass is 416 g/mol. The van der Waals surface area contributed by atoms with Crippen LogP contribution >= 0.6 is 0 Å². The van der Waals surface area contributed by atoms with Crippen molar-refractivity contribution in [1.82, 2.24) is 10.2 Å². The number of nitrogens with one attached hydrogen (secondary N) is 1. The van der Waals surface area contributed by atoms with Crippen LogP contribution in [0.5, 0.6) is 0 Å². The summed E-state index contributed by atoms with van der Waals surface area (Å²) in [6, 6.07) is 19.6. The third kappa shape index (κ3) is 3.65. The Balaban J connectivity index is 1.52. The molecule has 3 heterocycles. The predicted molar refractivity (Wildman–Crippen MR) is 126 cm³/mol. The van der Waals surface area contributed by atoms with Crippen LogP contribution in [0.3, 0.4) is 0 Å². The van der Waals surface area contributed by atoms with Gasteiger partial charge in [0.1, 0.15) is 11.4 Å². The van der Waals surface area contributed by atoms with E-state index in [1.165, 1.54) is 11.1 Å². The lowest BCUT2D eigenvalue weighted by atomic mass is 9.81. The van der Waals surface area contributed by atoms with Gasteiger partial charge < -0.3 is 10.2 Å². The van der Waals surface area contributed by atoms with Gasteiger partial charge in [-0.05, 0) is 75.8 Å². The molecule has 5 rings (SSSR count). The second-order valence-electron chi connectivity index (χ2n) is 9.41. The molecule has 0 radical (unpaired) electrons. The van der Waals surface area contributed by atoms with E-state index in [0.717, 1.165) is 56.7 Å². The molecule has 5 nitrogen and oxygen atoms in total. The molecule has 1 spiro atoms. The van der Waals surface area contributed by atoms with E-state index in [9.17, 15) is 4.79 Å². The fourth-order valence-electron chi connectivity index (χ4n) is 5.81. The first-order chi connectivity index (χ1) is 15.1. The van der Waals surface area contributed by atoms with Crippen LogP contribution in [0.15, 0.2) is 59.6 Å². The Bertz CT molecular complexity index is 988. The summed E-state index contributed by atoms with van der Waals surface area (Å²) >= 11 is 0. The van der Waals surface area contributed by atoms with Gasteiger partial charge in [-0.2, -0.15) is 4.99 Å². The Labute approximate surface area is 185 Å². The zero-order valence-electron chi connectivity index (χ0n) is 18.6. The van der Waals surface area contributed by atoms with E-state index in [-0.39, 0.29) is 11.6 Å². The van der Waals surface area contributed by atoms with E-state index >= 15 is 0 Å². The lowest BCUT2D eigenvalue weighted by molar-refractivity contribution is 0.245. The number of amides is 2. The van der Waals surface area contributed by atoms with E-state index in [1.54, 1.807) is 0 Å². The highest BCUT2D eigenvalue weighted by molar-refractivity contribution is 6.16. The number of benzene rings is 2. The zero-order valence-corrected chi connectivity index (χ0v) is 18.6. The molecule has 0 saturated carbocycles. The minimum absolute atomic E-state index is 0.111. The van der Waals surface area contributed by atoms with Gasteiger partial charge in [-0.15, -0.1) is 0 Å². The van der Waals surface area contributed by atoms with Gasteiger partial charge in [0.05, 0.1) is 0 Å². The van der Waals surface area contributed by atoms with E-state index in [2.05, 4.69) is 72.6 Å². The highest BCUT2D eigenvalue weighted by Gasteiger charge is 2.55.